The maximum Gasteiger partial charge on any atom is 0.0372 e. The predicted molar refractivity (Wildman–Crippen MR) is 70.6 cm³/mol. The molecule has 1 aliphatic heterocycles. The van der Waals surface area contributed by atoms with Gasteiger partial charge in [-0.3, -0.25) is 0 Å². The number of aryl methyl sites for hydroxylation is 1. The molecule has 1 N–H and O–H groups in total. The second-order valence-electron chi connectivity index (χ2n) is 3.04. The van der Waals surface area contributed by atoms with E-state index in [2.05, 4.69) is 29.6 Å². The first-order chi connectivity index (χ1) is 7.47. The van der Waals surface area contributed by atoms with E-state index >= 15 is 0 Å². The Bertz CT molecular complexity index is 218. The van der Waals surface area contributed by atoms with Crippen LogP contribution in [0.1, 0.15) is 46.1 Å². The van der Waals surface area contributed by atoms with Crippen LogP contribution in [0.4, 0.5) is 5.69 Å². The van der Waals surface area contributed by atoms with Gasteiger partial charge in [0.2, 0.25) is 0 Å². The first kappa shape index (κ1) is 14.0. The molecule has 0 atom stereocenters. The number of para-hydroxylation sites is 1. The SMILES string of the molecule is CC.CC.c1ccc2c(c1)CCCCN2. The van der Waals surface area contributed by atoms with Gasteiger partial charge in [-0.15, -0.1) is 0 Å². The largest absolute Gasteiger partial charge is 0.385 e. The smallest absolute Gasteiger partial charge is 0.0372 e. The Morgan fingerprint density at radius 2 is 1.60 bits per heavy atom. The van der Waals surface area contributed by atoms with E-state index in [1.165, 1.54) is 30.5 Å². The molecule has 0 radical (unpaired) electrons. The van der Waals surface area contributed by atoms with Crippen molar-refractivity contribution >= 4 is 5.69 Å². The first-order valence-corrected chi connectivity index (χ1v) is 6.28. The highest BCUT2D eigenvalue weighted by Crippen LogP contribution is 2.19. The fourth-order valence-electron chi connectivity index (χ4n) is 1.57. The molecule has 1 heteroatoms. The van der Waals surface area contributed by atoms with Crippen LogP contribution in [0.15, 0.2) is 24.3 Å². The number of rotatable bonds is 0. The van der Waals surface area contributed by atoms with Gasteiger partial charge in [0.25, 0.3) is 0 Å². The van der Waals surface area contributed by atoms with Gasteiger partial charge in [-0.25, -0.2) is 0 Å². The molecule has 0 spiro atoms. The average molecular weight is 207 g/mol. The monoisotopic (exact) mass is 207 g/mol. The van der Waals surface area contributed by atoms with Gasteiger partial charge in [-0.2, -0.15) is 0 Å². The summed E-state index contributed by atoms with van der Waals surface area (Å²) in [5.74, 6) is 0. The number of hydrogen-bond acceptors (Lipinski definition) is 1. The molecule has 0 aromatic heterocycles. The predicted octanol–water partition coefficient (Wildman–Crippen LogP) is 4.49. The van der Waals surface area contributed by atoms with Gasteiger partial charge in [-0.1, -0.05) is 45.9 Å². The molecule has 0 saturated heterocycles. The molecule has 1 nitrogen and oxygen atoms in total. The molecule has 0 bridgehead atoms. The summed E-state index contributed by atoms with van der Waals surface area (Å²) in [6.07, 6.45) is 3.86. The van der Waals surface area contributed by atoms with Gasteiger partial charge < -0.3 is 5.32 Å². The van der Waals surface area contributed by atoms with Gasteiger partial charge in [0, 0.05) is 12.2 Å². The van der Waals surface area contributed by atoms with Crippen molar-refractivity contribution in [2.45, 2.75) is 47.0 Å². The summed E-state index contributed by atoms with van der Waals surface area (Å²) in [6, 6.07) is 8.59. The van der Waals surface area contributed by atoms with Gasteiger partial charge in [0.15, 0.2) is 0 Å². The third-order valence-electron chi connectivity index (χ3n) is 2.21. The van der Waals surface area contributed by atoms with Crippen LogP contribution in [-0.2, 0) is 6.42 Å². The lowest BCUT2D eigenvalue weighted by Crippen LogP contribution is -1.98. The highest BCUT2D eigenvalue weighted by Gasteiger charge is 2.04. The zero-order valence-corrected chi connectivity index (χ0v) is 10.6. The standard InChI is InChI=1S/C10H13N.2C2H6/c1-2-7-10-9(5-1)6-3-4-8-11-10;2*1-2/h1-2,5,7,11H,3-4,6,8H2;2*1-2H3. The number of fused-ring (bicyclic) bond motifs is 1. The summed E-state index contributed by atoms with van der Waals surface area (Å²) >= 11 is 0. The minimum absolute atomic E-state index is 1.14. The van der Waals surface area contributed by atoms with Crippen molar-refractivity contribution in [3.63, 3.8) is 0 Å². The van der Waals surface area contributed by atoms with Crippen LogP contribution in [-0.4, -0.2) is 6.54 Å². The summed E-state index contributed by atoms with van der Waals surface area (Å²) in [5, 5.41) is 3.43. The molecule has 15 heavy (non-hydrogen) atoms. The number of nitrogens with one attached hydrogen (secondary N) is 1. The topological polar surface area (TPSA) is 12.0 Å². The zero-order valence-electron chi connectivity index (χ0n) is 10.6. The minimum Gasteiger partial charge on any atom is -0.385 e. The van der Waals surface area contributed by atoms with Crippen molar-refractivity contribution in [3.05, 3.63) is 29.8 Å². The average Bonchev–Trinajstić information content (AvgIpc) is 2.59. The molecular weight excluding hydrogens is 182 g/mol. The van der Waals surface area contributed by atoms with Crippen molar-refractivity contribution in [2.75, 3.05) is 11.9 Å². The van der Waals surface area contributed by atoms with E-state index in [0.717, 1.165) is 6.54 Å². The Morgan fingerprint density at radius 1 is 0.933 bits per heavy atom. The lowest BCUT2D eigenvalue weighted by molar-refractivity contribution is 0.785. The van der Waals surface area contributed by atoms with Crippen molar-refractivity contribution in [1.29, 1.82) is 0 Å². The molecular formula is C14H25N. The van der Waals surface area contributed by atoms with E-state index in [4.69, 9.17) is 0 Å². The highest BCUT2D eigenvalue weighted by atomic mass is 14.9. The summed E-state index contributed by atoms with van der Waals surface area (Å²) in [5.41, 5.74) is 2.81. The van der Waals surface area contributed by atoms with Crippen molar-refractivity contribution in [2.24, 2.45) is 0 Å². The molecule has 0 amide bonds. The minimum atomic E-state index is 1.14. The molecule has 0 aliphatic carbocycles. The number of benzene rings is 1. The molecule has 2 rings (SSSR count). The van der Waals surface area contributed by atoms with Crippen LogP contribution in [0.3, 0.4) is 0 Å². The Kier molecular flexibility index (Phi) is 8.95. The molecule has 1 aliphatic rings. The molecule has 0 unspecified atom stereocenters. The summed E-state index contributed by atoms with van der Waals surface area (Å²) in [4.78, 5) is 0. The molecule has 0 saturated carbocycles. The summed E-state index contributed by atoms with van der Waals surface area (Å²) in [6.45, 7) is 9.14. The quantitative estimate of drug-likeness (QED) is 0.661. The van der Waals surface area contributed by atoms with Crippen LogP contribution < -0.4 is 5.32 Å². The normalized spacial score (nSPS) is 12.8. The summed E-state index contributed by atoms with van der Waals surface area (Å²) in [7, 11) is 0. The van der Waals surface area contributed by atoms with Crippen molar-refractivity contribution < 1.29 is 0 Å². The van der Waals surface area contributed by atoms with Crippen LogP contribution in [0.25, 0.3) is 0 Å². The van der Waals surface area contributed by atoms with Crippen LogP contribution >= 0.6 is 0 Å². The van der Waals surface area contributed by atoms with Crippen LogP contribution in [0, 0.1) is 0 Å². The fourth-order valence-corrected chi connectivity index (χ4v) is 1.57. The number of hydrogen-bond donors (Lipinski definition) is 1. The van der Waals surface area contributed by atoms with Gasteiger partial charge in [0.1, 0.15) is 0 Å². The lowest BCUT2D eigenvalue weighted by Gasteiger charge is -2.04. The van der Waals surface area contributed by atoms with Crippen LogP contribution in [0.5, 0.6) is 0 Å². The maximum absolute atomic E-state index is 3.43. The van der Waals surface area contributed by atoms with Crippen LogP contribution in [0.2, 0.25) is 0 Å². The van der Waals surface area contributed by atoms with Gasteiger partial charge >= 0.3 is 0 Å². The number of anilines is 1. The third kappa shape index (κ3) is 4.87. The van der Waals surface area contributed by atoms with Gasteiger partial charge in [-0.05, 0) is 30.9 Å². The Balaban J connectivity index is 0.000000442. The molecule has 86 valence electrons. The molecule has 1 heterocycles. The van der Waals surface area contributed by atoms with E-state index in [-0.39, 0.29) is 0 Å². The zero-order chi connectivity index (χ0) is 11.5. The molecule has 1 aromatic rings. The molecule has 1 aromatic carbocycles. The second-order valence-corrected chi connectivity index (χ2v) is 3.04. The van der Waals surface area contributed by atoms with Crippen molar-refractivity contribution in [1.82, 2.24) is 0 Å². The lowest BCUT2D eigenvalue weighted by atomic mass is 10.1. The van der Waals surface area contributed by atoms with E-state index in [9.17, 15) is 0 Å². The highest BCUT2D eigenvalue weighted by molar-refractivity contribution is 5.51. The summed E-state index contributed by atoms with van der Waals surface area (Å²) < 4.78 is 0. The Hall–Kier alpha value is -0.980. The van der Waals surface area contributed by atoms with E-state index < -0.39 is 0 Å². The van der Waals surface area contributed by atoms with E-state index in [1.54, 1.807) is 0 Å². The third-order valence-corrected chi connectivity index (χ3v) is 2.21. The second kappa shape index (κ2) is 9.57. The van der Waals surface area contributed by atoms with Crippen molar-refractivity contribution in [3.8, 4) is 0 Å². The molecule has 0 fully saturated rings. The van der Waals surface area contributed by atoms with E-state index in [1.807, 2.05) is 27.7 Å². The fraction of sp³-hybridized carbons (Fsp3) is 0.571. The van der Waals surface area contributed by atoms with Gasteiger partial charge in [0.05, 0.1) is 0 Å². The first-order valence-electron chi connectivity index (χ1n) is 6.28. The van der Waals surface area contributed by atoms with E-state index in [0.29, 0.717) is 0 Å². The Morgan fingerprint density at radius 3 is 2.33 bits per heavy atom. The maximum atomic E-state index is 3.43. The Labute approximate surface area is 94.9 Å².